The highest BCUT2D eigenvalue weighted by atomic mass is 35.5. The molecule has 0 aliphatic heterocycles. The summed E-state index contributed by atoms with van der Waals surface area (Å²) in [6.45, 7) is 1.60. The van der Waals surface area contributed by atoms with Gasteiger partial charge in [-0.3, -0.25) is 20.4 Å². The summed E-state index contributed by atoms with van der Waals surface area (Å²) in [5.74, 6) is -1.81. The molecular formula is C14H14ClN5O4. The van der Waals surface area contributed by atoms with E-state index in [9.17, 15) is 19.7 Å². The Morgan fingerprint density at radius 3 is 2.58 bits per heavy atom. The zero-order chi connectivity index (χ0) is 17.7. The molecule has 0 bridgehead atoms. The van der Waals surface area contributed by atoms with Crippen LogP contribution in [0.5, 0.6) is 0 Å². The van der Waals surface area contributed by atoms with Gasteiger partial charge in [-0.1, -0.05) is 30.3 Å². The number of aromatic nitrogens is 2. The maximum absolute atomic E-state index is 12.2. The van der Waals surface area contributed by atoms with Crippen LogP contribution >= 0.6 is 11.6 Å². The monoisotopic (exact) mass is 351 g/mol. The number of nitrogens with zero attached hydrogens (tertiary/aromatic N) is 3. The maximum atomic E-state index is 12.2. The first kappa shape index (κ1) is 17.4. The Balaban J connectivity index is 2.22. The van der Waals surface area contributed by atoms with Crippen LogP contribution in [0.3, 0.4) is 0 Å². The number of amides is 2. The van der Waals surface area contributed by atoms with Crippen LogP contribution in [0.15, 0.2) is 36.4 Å². The lowest BCUT2D eigenvalue weighted by Crippen LogP contribution is -2.45. The minimum atomic E-state index is -0.839. The molecule has 0 fully saturated rings. The fraction of sp³-hybridized carbons (Fsp3) is 0.214. The van der Waals surface area contributed by atoms with Crippen LogP contribution < -0.4 is 10.9 Å². The molecule has 1 aromatic carbocycles. The van der Waals surface area contributed by atoms with E-state index in [2.05, 4.69) is 16.0 Å². The lowest BCUT2D eigenvalue weighted by molar-refractivity contribution is -0.389. The van der Waals surface area contributed by atoms with Gasteiger partial charge in [0.25, 0.3) is 11.8 Å². The van der Waals surface area contributed by atoms with E-state index >= 15 is 0 Å². The number of rotatable bonds is 5. The van der Waals surface area contributed by atoms with Crippen LogP contribution in [-0.2, 0) is 11.3 Å². The summed E-state index contributed by atoms with van der Waals surface area (Å²) in [5.41, 5.74) is 5.03. The normalized spacial score (nSPS) is 11.6. The average Bonchev–Trinajstić information content (AvgIpc) is 2.97. The third-order valence-corrected chi connectivity index (χ3v) is 3.22. The number of benzene rings is 1. The van der Waals surface area contributed by atoms with Crippen LogP contribution in [0.1, 0.15) is 23.0 Å². The summed E-state index contributed by atoms with van der Waals surface area (Å²) >= 11 is 5.57. The van der Waals surface area contributed by atoms with Crippen molar-refractivity contribution in [2.45, 2.75) is 18.8 Å². The standard InChI is InChI=1S/C14H14ClN5O4/c1-9(15)13(21)16-17-14(22)11-7-12(20(23)24)18-19(11)8-10-5-3-2-4-6-10/h2-7,9H,8H2,1H3,(H,16,21)(H,17,22)/t9-/m0/s1. The highest BCUT2D eigenvalue weighted by Crippen LogP contribution is 2.14. The fourth-order valence-corrected chi connectivity index (χ4v) is 1.89. The van der Waals surface area contributed by atoms with E-state index < -0.39 is 27.9 Å². The maximum Gasteiger partial charge on any atom is 0.390 e. The second kappa shape index (κ2) is 7.55. The van der Waals surface area contributed by atoms with E-state index in [0.29, 0.717) is 0 Å². The van der Waals surface area contributed by atoms with E-state index in [0.717, 1.165) is 11.6 Å². The molecule has 0 saturated heterocycles. The van der Waals surface area contributed by atoms with Gasteiger partial charge in [0.2, 0.25) is 0 Å². The van der Waals surface area contributed by atoms with Crippen LogP contribution in [0.4, 0.5) is 5.82 Å². The predicted octanol–water partition coefficient (Wildman–Crippen LogP) is 1.23. The minimum Gasteiger partial charge on any atom is -0.358 e. The molecule has 2 amide bonds. The Labute approximate surface area is 141 Å². The topological polar surface area (TPSA) is 119 Å². The Kier molecular flexibility index (Phi) is 5.48. The summed E-state index contributed by atoms with van der Waals surface area (Å²) in [4.78, 5) is 33.8. The summed E-state index contributed by atoms with van der Waals surface area (Å²) in [6, 6.07) is 10.1. The van der Waals surface area contributed by atoms with Crippen LogP contribution in [0.25, 0.3) is 0 Å². The van der Waals surface area contributed by atoms with Crippen molar-refractivity contribution in [1.29, 1.82) is 0 Å². The molecule has 0 aliphatic rings. The first-order valence-corrected chi connectivity index (χ1v) is 7.32. The van der Waals surface area contributed by atoms with Gasteiger partial charge in [0, 0.05) is 0 Å². The first-order valence-electron chi connectivity index (χ1n) is 6.89. The number of hydrazine groups is 1. The highest BCUT2D eigenvalue weighted by molar-refractivity contribution is 6.30. The Morgan fingerprint density at radius 2 is 2.00 bits per heavy atom. The molecule has 2 rings (SSSR count). The van der Waals surface area contributed by atoms with Crippen molar-refractivity contribution in [2.75, 3.05) is 0 Å². The van der Waals surface area contributed by atoms with E-state index in [1.54, 1.807) is 24.3 Å². The second-order valence-electron chi connectivity index (χ2n) is 4.85. The lowest BCUT2D eigenvalue weighted by atomic mass is 10.2. The molecule has 1 aromatic heterocycles. The van der Waals surface area contributed by atoms with Crippen LogP contribution in [0, 0.1) is 10.1 Å². The number of carbonyl (C=O) groups is 2. The van der Waals surface area contributed by atoms with Crippen LogP contribution in [0.2, 0.25) is 0 Å². The van der Waals surface area contributed by atoms with Gasteiger partial charge in [0.05, 0.1) is 17.7 Å². The van der Waals surface area contributed by atoms with Gasteiger partial charge in [-0.15, -0.1) is 11.6 Å². The quantitative estimate of drug-likeness (QED) is 0.477. The average molecular weight is 352 g/mol. The second-order valence-corrected chi connectivity index (χ2v) is 5.50. The number of alkyl halides is 1. The van der Waals surface area contributed by atoms with E-state index in [1.807, 2.05) is 6.07 Å². The van der Waals surface area contributed by atoms with Gasteiger partial charge in [-0.2, -0.15) is 4.68 Å². The first-order chi connectivity index (χ1) is 11.4. The molecule has 126 valence electrons. The molecule has 0 aliphatic carbocycles. The zero-order valence-corrected chi connectivity index (χ0v) is 13.4. The third-order valence-electron chi connectivity index (χ3n) is 3.02. The smallest absolute Gasteiger partial charge is 0.358 e. The van der Waals surface area contributed by atoms with Crippen molar-refractivity contribution < 1.29 is 14.5 Å². The molecule has 24 heavy (non-hydrogen) atoms. The lowest BCUT2D eigenvalue weighted by Gasteiger charge is -2.08. The van der Waals surface area contributed by atoms with E-state index in [1.165, 1.54) is 11.6 Å². The number of nitrogens with one attached hydrogen (secondary N) is 2. The molecule has 0 unspecified atom stereocenters. The number of nitro groups is 1. The number of carbonyl (C=O) groups excluding carboxylic acids is 2. The van der Waals surface area contributed by atoms with Crippen LogP contribution in [-0.4, -0.2) is 31.9 Å². The van der Waals surface area contributed by atoms with Gasteiger partial charge in [0.1, 0.15) is 5.38 Å². The number of halogens is 1. The SMILES string of the molecule is C[C@H](Cl)C(=O)NNC(=O)c1cc([N+](=O)[O-])nn1Cc1ccccc1. The van der Waals surface area contributed by atoms with E-state index in [-0.39, 0.29) is 12.2 Å². The molecule has 0 radical (unpaired) electrons. The molecule has 1 atom stereocenters. The van der Waals surface area contributed by atoms with Gasteiger partial charge >= 0.3 is 5.82 Å². The Hall–Kier alpha value is -2.94. The highest BCUT2D eigenvalue weighted by Gasteiger charge is 2.24. The fourth-order valence-electron chi connectivity index (χ4n) is 1.83. The predicted molar refractivity (Wildman–Crippen MR) is 85.3 cm³/mol. The van der Waals surface area contributed by atoms with Gasteiger partial charge in [0.15, 0.2) is 5.69 Å². The Bertz CT molecular complexity index is 760. The third kappa shape index (κ3) is 4.29. The zero-order valence-electron chi connectivity index (χ0n) is 12.6. The molecule has 2 aromatic rings. The largest absolute Gasteiger partial charge is 0.390 e. The summed E-state index contributed by atoms with van der Waals surface area (Å²) in [5, 5.41) is 13.9. The van der Waals surface area contributed by atoms with Gasteiger partial charge in [-0.25, -0.2) is 0 Å². The molecular weight excluding hydrogens is 338 g/mol. The van der Waals surface area contributed by atoms with Crippen molar-refractivity contribution in [3.8, 4) is 0 Å². The van der Waals surface area contributed by atoms with Crippen molar-refractivity contribution >= 4 is 29.2 Å². The molecule has 2 N–H and O–H groups in total. The summed E-state index contributed by atoms with van der Waals surface area (Å²) in [6.07, 6.45) is 0. The molecule has 0 spiro atoms. The van der Waals surface area contributed by atoms with Gasteiger partial charge in [-0.05, 0) is 17.4 Å². The minimum absolute atomic E-state index is 0.0620. The molecule has 1 heterocycles. The van der Waals surface area contributed by atoms with Crippen molar-refractivity contribution in [3.63, 3.8) is 0 Å². The summed E-state index contributed by atoms with van der Waals surface area (Å²) < 4.78 is 1.19. The Morgan fingerprint density at radius 1 is 1.33 bits per heavy atom. The van der Waals surface area contributed by atoms with Crippen molar-refractivity contribution in [1.82, 2.24) is 20.6 Å². The number of hydrogen-bond donors (Lipinski definition) is 2. The number of hydrogen-bond acceptors (Lipinski definition) is 5. The van der Waals surface area contributed by atoms with Crippen molar-refractivity contribution in [2.24, 2.45) is 0 Å². The van der Waals surface area contributed by atoms with Crippen molar-refractivity contribution in [3.05, 3.63) is 57.8 Å². The summed E-state index contributed by atoms with van der Waals surface area (Å²) in [7, 11) is 0. The molecule has 0 saturated carbocycles. The van der Waals surface area contributed by atoms with E-state index in [4.69, 9.17) is 11.6 Å². The molecule has 9 nitrogen and oxygen atoms in total. The van der Waals surface area contributed by atoms with Gasteiger partial charge < -0.3 is 10.1 Å². The molecule has 10 heteroatoms.